The third-order valence-corrected chi connectivity index (χ3v) is 4.30. The highest BCUT2D eigenvalue weighted by Gasteiger charge is 2.41. The molecule has 1 aromatic carbocycles. The zero-order valence-electron chi connectivity index (χ0n) is 9.84. The van der Waals surface area contributed by atoms with E-state index in [9.17, 15) is 0 Å². The minimum absolute atomic E-state index is 0.0657. The number of nitrogens with two attached hydrogens (primary N) is 1. The fourth-order valence-electron chi connectivity index (χ4n) is 2.21. The maximum Gasteiger partial charge on any atom is 0.117 e. The van der Waals surface area contributed by atoms with Gasteiger partial charge in [0.25, 0.3) is 0 Å². The Bertz CT molecular complexity index is 574. The SMILES string of the molecule is CC1(c2nc3cc(Cl)c(Cl)cc3[nH]2)COCC1N. The van der Waals surface area contributed by atoms with Crippen molar-refractivity contribution in [3.05, 3.63) is 28.0 Å². The van der Waals surface area contributed by atoms with Gasteiger partial charge in [-0.2, -0.15) is 0 Å². The molecule has 0 spiro atoms. The summed E-state index contributed by atoms with van der Waals surface area (Å²) in [6.07, 6.45) is 0. The highest BCUT2D eigenvalue weighted by molar-refractivity contribution is 6.42. The van der Waals surface area contributed by atoms with Crippen molar-refractivity contribution >= 4 is 34.2 Å². The van der Waals surface area contributed by atoms with Crippen LogP contribution in [0.4, 0.5) is 0 Å². The Morgan fingerprint density at radius 1 is 1.44 bits per heavy atom. The molecule has 2 heterocycles. The van der Waals surface area contributed by atoms with Gasteiger partial charge in [0, 0.05) is 6.04 Å². The molecule has 2 unspecified atom stereocenters. The van der Waals surface area contributed by atoms with Gasteiger partial charge in [0.15, 0.2) is 0 Å². The van der Waals surface area contributed by atoms with E-state index in [4.69, 9.17) is 33.7 Å². The first-order valence-electron chi connectivity index (χ1n) is 5.69. The van der Waals surface area contributed by atoms with Gasteiger partial charge in [-0.25, -0.2) is 4.98 Å². The smallest absolute Gasteiger partial charge is 0.117 e. The zero-order valence-corrected chi connectivity index (χ0v) is 11.3. The fraction of sp³-hybridized carbons (Fsp3) is 0.417. The Morgan fingerprint density at radius 2 is 2.17 bits per heavy atom. The van der Waals surface area contributed by atoms with Crippen LogP contribution < -0.4 is 5.73 Å². The first kappa shape index (κ1) is 12.2. The molecular formula is C12H13Cl2N3O. The molecule has 2 atom stereocenters. The molecule has 0 aliphatic carbocycles. The minimum atomic E-state index is -0.294. The van der Waals surface area contributed by atoms with Crippen LogP contribution in [0.5, 0.6) is 0 Å². The number of aromatic amines is 1. The molecule has 2 aromatic rings. The molecule has 1 saturated heterocycles. The number of aromatic nitrogens is 2. The number of hydrogen-bond donors (Lipinski definition) is 2. The lowest BCUT2D eigenvalue weighted by Gasteiger charge is -2.23. The van der Waals surface area contributed by atoms with Crippen LogP contribution in [0.1, 0.15) is 12.7 Å². The summed E-state index contributed by atoms with van der Waals surface area (Å²) in [5.74, 6) is 0.820. The molecule has 0 radical (unpaired) electrons. The third kappa shape index (κ3) is 1.72. The van der Waals surface area contributed by atoms with E-state index in [1.165, 1.54) is 0 Å². The highest BCUT2D eigenvalue weighted by atomic mass is 35.5. The lowest BCUT2D eigenvalue weighted by Crippen LogP contribution is -2.42. The van der Waals surface area contributed by atoms with E-state index in [2.05, 4.69) is 9.97 Å². The van der Waals surface area contributed by atoms with Crippen LogP contribution in [-0.4, -0.2) is 29.2 Å². The van der Waals surface area contributed by atoms with Gasteiger partial charge >= 0.3 is 0 Å². The van der Waals surface area contributed by atoms with Crippen LogP contribution in [-0.2, 0) is 10.2 Å². The minimum Gasteiger partial charge on any atom is -0.379 e. The lowest BCUT2D eigenvalue weighted by molar-refractivity contribution is 0.178. The molecule has 1 aliphatic heterocycles. The highest BCUT2D eigenvalue weighted by Crippen LogP contribution is 2.33. The van der Waals surface area contributed by atoms with Crippen molar-refractivity contribution in [2.75, 3.05) is 13.2 Å². The molecule has 3 rings (SSSR count). The van der Waals surface area contributed by atoms with Crippen LogP contribution in [0.2, 0.25) is 10.0 Å². The van der Waals surface area contributed by atoms with Gasteiger partial charge in [-0.1, -0.05) is 23.2 Å². The summed E-state index contributed by atoms with van der Waals surface area (Å²) in [5, 5.41) is 1.01. The van der Waals surface area contributed by atoms with Gasteiger partial charge in [0.1, 0.15) is 5.82 Å². The van der Waals surface area contributed by atoms with Gasteiger partial charge in [0.2, 0.25) is 0 Å². The Kier molecular flexibility index (Phi) is 2.79. The second-order valence-electron chi connectivity index (χ2n) is 4.91. The number of fused-ring (bicyclic) bond motifs is 1. The monoisotopic (exact) mass is 285 g/mol. The topological polar surface area (TPSA) is 63.9 Å². The van der Waals surface area contributed by atoms with Crippen molar-refractivity contribution in [1.29, 1.82) is 0 Å². The Morgan fingerprint density at radius 3 is 2.83 bits per heavy atom. The van der Waals surface area contributed by atoms with Crippen molar-refractivity contribution in [1.82, 2.24) is 9.97 Å². The Labute approximate surface area is 114 Å². The van der Waals surface area contributed by atoms with Crippen molar-refractivity contribution in [3.8, 4) is 0 Å². The van der Waals surface area contributed by atoms with Gasteiger partial charge in [0.05, 0.1) is 39.7 Å². The van der Waals surface area contributed by atoms with Crippen molar-refractivity contribution < 1.29 is 4.74 Å². The second kappa shape index (κ2) is 4.10. The van der Waals surface area contributed by atoms with E-state index in [0.29, 0.717) is 23.3 Å². The standard InChI is InChI=1S/C12H13Cl2N3O/c1-12(5-18-4-10(12)15)11-16-8-2-6(13)7(14)3-9(8)17-11/h2-3,10H,4-5,15H2,1H3,(H,16,17). The van der Waals surface area contributed by atoms with Crippen molar-refractivity contribution in [2.24, 2.45) is 5.73 Å². The van der Waals surface area contributed by atoms with E-state index in [-0.39, 0.29) is 11.5 Å². The Hall–Kier alpha value is -0.810. The number of benzene rings is 1. The summed E-state index contributed by atoms with van der Waals surface area (Å²) < 4.78 is 5.43. The number of halogens is 2. The van der Waals surface area contributed by atoms with Gasteiger partial charge in [-0.15, -0.1) is 0 Å². The quantitative estimate of drug-likeness (QED) is 0.846. The predicted molar refractivity (Wildman–Crippen MR) is 72.3 cm³/mol. The number of H-pyrrole nitrogens is 1. The molecule has 1 fully saturated rings. The first-order chi connectivity index (χ1) is 8.50. The van der Waals surface area contributed by atoms with E-state index in [1.54, 1.807) is 12.1 Å². The number of rotatable bonds is 1. The summed E-state index contributed by atoms with van der Waals surface area (Å²) in [6.45, 7) is 3.16. The molecule has 4 nitrogen and oxygen atoms in total. The zero-order chi connectivity index (χ0) is 12.9. The average molecular weight is 286 g/mol. The summed E-state index contributed by atoms with van der Waals surface area (Å²) in [5.41, 5.74) is 7.45. The van der Waals surface area contributed by atoms with Crippen LogP contribution in [0.3, 0.4) is 0 Å². The normalized spacial score (nSPS) is 28.1. The van der Waals surface area contributed by atoms with Crippen molar-refractivity contribution in [2.45, 2.75) is 18.4 Å². The molecule has 1 aliphatic rings. The number of nitrogens with one attached hydrogen (secondary N) is 1. The predicted octanol–water partition coefficient (Wildman–Crippen LogP) is 2.48. The third-order valence-electron chi connectivity index (χ3n) is 3.58. The molecule has 0 amide bonds. The molecule has 18 heavy (non-hydrogen) atoms. The van der Waals surface area contributed by atoms with Crippen molar-refractivity contribution in [3.63, 3.8) is 0 Å². The van der Waals surface area contributed by atoms with Gasteiger partial charge < -0.3 is 15.5 Å². The fourth-order valence-corrected chi connectivity index (χ4v) is 2.53. The second-order valence-corrected chi connectivity index (χ2v) is 5.72. The maximum atomic E-state index is 6.09. The molecule has 6 heteroatoms. The van der Waals surface area contributed by atoms with Crippen LogP contribution in [0.25, 0.3) is 11.0 Å². The number of imidazole rings is 1. The van der Waals surface area contributed by atoms with Crippen LogP contribution in [0.15, 0.2) is 12.1 Å². The number of hydrogen-bond acceptors (Lipinski definition) is 3. The largest absolute Gasteiger partial charge is 0.379 e. The molecule has 1 aromatic heterocycles. The average Bonchev–Trinajstić information content (AvgIpc) is 2.86. The summed E-state index contributed by atoms with van der Waals surface area (Å²) in [4.78, 5) is 7.82. The van der Waals surface area contributed by atoms with Crippen LogP contribution in [0, 0.1) is 0 Å². The molecule has 3 N–H and O–H groups in total. The summed E-state index contributed by atoms with van der Waals surface area (Å²) in [6, 6.07) is 3.47. The number of nitrogens with zero attached hydrogens (tertiary/aromatic N) is 1. The lowest BCUT2D eigenvalue weighted by atomic mass is 9.85. The van der Waals surface area contributed by atoms with E-state index >= 15 is 0 Å². The molecule has 0 saturated carbocycles. The molecule has 96 valence electrons. The van der Waals surface area contributed by atoms with E-state index < -0.39 is 0 Å². The number of ether oxygens (including phenoxy) is 1. The van der Waals surface area contributed by atoms with Gasteiger partial charge in [-0.3, -0.25) is 0 Å². The summed E-state index contributed by atoms with van der Waals surface area (Å²) >= 11 is 12.0. The molecule has 0 bridgehead atoms. The van der Waals surface area contributed by atoms with Crippen LogP contribution >= 0.6 is 23.2 Å². The Balaban J connectivity index is 2.14. The molecular weight excluding hydrogens is 273 g/mol. The van der Waals surface area contributed by atoms with E-state index in [1.807, 2.05) is 6.92 Å². The first-order valence-corrected chi connectivity index (χ1v) is 6.45. The maximum absolute atomic E-state index is 6.09. The summed E-state index contributed by atoms with van der Waals surface area (Å²) in [7, 11) is 0. The van der Waals surface area contributed by atoms with Gasteiger partial charge in [-0.05, 0) is 19.1 Å². The van der Waals surface area contributed by atoms with E-state index in [0.717, 1.165) is 16.9 Å².